The van der Waals surface area contributed by atoms with Crippen molar-refractivity contribution in [2.24, 2.45) is 0 Å². The molecule has 1 amide bonds. The van der Waals surface area contributed by atoms with Crippen molar-refractivity contribution in [3.8, 4) is 5.75 Å². The summed E-state index contributed by atoms with van der Waals surface area (Å²) in [6.45, 7) is 2.21. The molecule has 0 atom stereocenters. The minimum absolute atomic E-state index is 0.0403. The van der Waals surface area contributed by atoms with Crippen molar-refractivity contribution in [2.45, 2.75) is 37.5 Å². The van der Waals surface area contributed by atoms with Crippen LogP contribution in [0.15, 0.2) is 52.4 Å². The third kappa shape index (κ3) is 6.72. The van der Waals surface area contributed by atoms with Gasteiger partial charge >= 0.3 is 6.18 Å². The lowest BCUT2D eigenvalue weighted by Crippen LogP contribution is -2.50. The van der Waals surface area contributed by atoms with Crippen LogP contribution in [-0.2, 0) is 38.7 Å². The van der Waals surface area contributed by atoms with Gasteiger partial charge in [-0.3, -0.25) is 9.59 Å². The van der Waals surface area contributed by atoms with Gasteiger partial charge in [0, 0.05) is 32.4 Å². The molecule has 6 rings (SSSR count). The van der Waals surface area contributed by atoms with Gasteiger partial charge in [-0.2, -0.15) is 27.0 Å². The first-order valence-electron chi connectivity index (χ1n) is 15.1. The maximum Gasteiger partial charge on any atom is 0.416 e. The molecule has 4 aromatic rings. The van der Waals surface area contributed by atoms with Crippen LogP contribution in [0, 0.1) is 0 Å². The van der Waals surface area contributed by atoms with Crippen LogP contribution in [0.2, 0.25) is 5.02 Å². The largest absolute Gasteiger partial charge is 0.505 e. The standard InChI is InChI=1S/C30H30ClF3N8O6S/c1-2-22-25(39-10-12-40(13-11-39)49(46,47)27-23(43)4-3-9-35-27)28(45)42-29(37-26(38-42)18-7-14-48-15-8-18)41(22)17-24(44)36-21-6-5-19(16-20(21)31)30(32,33)34/h3-7,9,16,43H,2,8,10-15,17H2,1H3,(H,36,44). The smallest absolute Gasteiger partial charge is 0.416 e. The second-order valence-electron chi connectivity index (χ2n) is 11.2. The molecule has 1 aromatic carbocycles. The average molecular weight is 723 g/mol. The van der Waals surface area contributed by atoms with E-state index in [-0.39, 0.29) is 60.6 Å². The Hall–Kier alpha value is -4.52. The summed E-state index contributed by atoms with van der Waals surface area (Å²) in [7, 11) is -4.14. The molecular formula is C30H30ClF3N8O6S. The fourth-order valence-corrected chi connectivity index (χ4v) is 7.42. The van der Waals surface area contributed by atoms with E-state index in [2.05, 4.69) is 20.4 Å². The Bertz CT molecular complexity index is 2130. The maximum atomic E-state index is 14.1. The molecule has 2 aliphatic rings. The number of carbonyl (C=O) groups excluding carboxylic acids is 1. The van der Waals surface area contributed by atoms with Crippen LogP contribution in [0.5, 0.6) is 5.75 Å². The quantitative estimate of drug-likeness (QED) is 0.276. The molecule has 14 nitrogen and oxygen atoms in total. The highest BCUT2D eigenvalue weighted by molar-refractivity contribution is 7.89. The summed E-state index contributed by atoms with van der Waals surface area (Å²) < 4.78 is 75.2. The van der Waals surface area contributed by atoms with Crippen LogP contribution < -0.4 is 15.8 Å². The van der Waals surface area contributed by atoms with Crippen molar-refractivity contribution in [2.75, 3.05) is 49.6 Å². The Kier molecular flexibility index (Phi) is 9.40. The molecule has 5 heterocycles. The molecule has 0 radical (unpaired) electrons. The van der Waals surface area contributed by atoms with E-state index in [4.69, 9.17) is 16.3 Å². The number of hydrogen-bond acceptors (Lipinski definition) is 10. The topological polar surface area (TPSA) is 164 Å². The molecule has 260 valence electrons. The second kappa shape index (κ2) is 13.4. The number of benzene rings is 1. The first-order chi connectivity index (χ1) is 23.3. The number of halogens is 4. The fourth-order valence-electron chi connectivity index (χ4n) is 5.78. The third-order valence-corrected chi connectivity index (χ3v) is 10.3. The van der Waals surface area contributed by atoms with Gasteiger partial charge in [0.1, 0.15) is 12.2 Å². The molecule has 49 heavy (non-hydrogen) atoms. The number of carbonyl (C=O) groups is 1. The van der Waals surface area contributed by atoms with Gasteiger partial charge in [-0.15, -0.1) is 5.10 Å². The number of nitrogens with zero attached hydrogens (tertiary/aromatic N) is 7. The Balaban J connectivity index is 1.36. The van der Waals surface area contributed by atoms with Crippen LogP contribution in [0.25, 0.3) is 11.4 Å². The normalized spacial score (nSPS) is 16.2. The molecular weight excluding hydrogens is 693 g/mol. The van der Waals surface area contributed by atoms with Gasteiger partial charge in [0.05, 0.1) is 35.2 Å². The highest BCUT2D eigenvalue weighted by atomic mass is 35.5. The zero-order chi connectivity index (χ0) is 35.1. The molecule has 2 N–H and O–H groups in total. The molecule has 0 bridgehead atoms. The van der Waals surface area contributed by atoms with Gasteiger partial charge in [0.2, 0.25) is 16.7 Å². The van der Waals surface area contributed by atoms with Crippen molar-refractivity contribution in [3.63, 3.8) is 0 Å². The number of rotatable bonds is 8. The number of hydrogen-bond donors (Lipinski definition) is 2. The number of alkyl halides is 3. The van der Waals surface area contributed by atoms with Crippen molar-refractivity contribution in [1.82, 2.24) is 28.5 Å². The van der Waals surface area contributed by atoms with E-state index in [1.165, 1.54) is 27.2 Å². The van der Waals surface area contributed by atoms with Crippen molar-refractivity contribution < 1.29 is 36.2 Å². The summed E-state index contributed by atoms with van der Waals surface area (Å²) in [5.41, 5.74) is -0.202. The molecule has 2 aliphatic heterocycles. The van der Waals surface area contributed by atoms with E-state index in [0.717, 1.165) is 22.2 Å². The molecule has 1 saturated heterocycles. The number of aromatic hydroxyl groups is 1. The number of fused-ring (bicyclic) bond motifs is 1. The SMILES string of the molecule is CCc1c(N2CCN(S(=O)(=O)c3ncccc3O)CC2)c(=O)n2nc(C3=CCOCC3)nc2n1CC(=O)Nc1ccc(C(F)(F)F)cc1Cl. The number of aromatic nitrogens is 5. The zero-order valence-corrected chi connectivity index (χ0v) is 27.5. The summed E-state index contributed by atoms with van der Waals surface area (Å²) in [5.74, 6) is -0.808. The Morgan fingerprint density at radius 1 is 1.16 bits per heavy atom. The van der Waals surface area contributed by atoms with E-state index in [9.17, 15) is 36.3 Å². The lowest BCUT2D eigenvalue weighted by Gasteiger charge is -2.36. The molecule has 0 aliphatic carbocycles. The predicted octanol–water partition coefficient (Wildman–Crippen LogP) is 3.18. The Labute approximate surface area is 282 Å². The van der Waals surface area contributed by atoms with E-state index in [0.29, 0.717) is 31.4 Å². The lowest BCUT2D eigenvalue weighted by molar-refractivity contribution is -0.137. The van der Waals surface area contributed by atoms with Crippen LogP contribution in [0.4, 0.5) is 24.5 Å². The van der Waals surface area contributed by atoms with Gasteiger partial charge in [-0.1, -0.05) is 24.6 Å². The van der Waals surface area contributed by atoms with Crippen molar-refractivity contribution in [3.05, 3.63) is 75.1 Å². The number of pyridine rings is 1. The first kappa shape index (κ1) is 34.3. The molecule has 0 saturated carbocycles. The van der Waals surface area contributed by atoms with Crippen molar-refractivity contribution in [1.29, 1.82) is 0 Å². The van der Waals surface area contributed by atoms with Gasteiger partial charge < -0.3 is 24.6 Å². The fraction of sp³-hybridized carbons (Fsp3) is 0.367. The highest BCUT2D eigenvalue weighted by Crippen LogP contribution is 2.34. The number of sulfonamides is 1. The monoisotopic (exact) mass is 722 g/mol. The summed E-state index contributed by atoms with van der Waals surface area (Å²) in [4.78, 5) is 37.7. The molecule has 0 spiro atoms. The van der Waals surface area contributed by atoms with Gasteiger partial charge in [0.25, 0.3) is 15.6 Å². The number of anilines is 2. The van der Waals surface area contributed by atoms with Crippen LogP contribution in [-0.4, -0.2) is 87.3 Å². The Morgan fingerprint density at radius 2 is 1.92 bits per heavy atom. The van der Waals surface area contributed by atoms with Crippen molar-refractivity contribution >= 4 is 50.3 Å². The van der Waals surface area contributed by atoms with E-state index >= 15 is 0 Å². The van der Waals surface area contributed by atoms with Gasteiger partial charge in [-0.05, 0) is 48.7 Å². The summed E-state index contributed by atoms with van der Waals surface area (Å²) in [6.07, 6.45) is -0.824. The van der Waals surface area contributed by atoms with E-state index in [1.807, 2.05) is 0 Å². The van der Waals surface area contributed by atoms with Crippen LogP contribution >= 0.6 is 11.6 Å². The van der Waals surface area contributed by atoms with E-state index < -0.39 is 50.5 Å². The Morgan fingerprint density at radius 3 is 2.55 bits per heavy atom. The molecule has 3 aromatic heterocycles. The average Bonchev–Trinajstić information content (AvgIpc) is 3.53. The maximum absolute atomic E-state index is 14.1. The number of nitrogens with one attached hydrogen (secondary N) is 1. The minimum Gasteiger partial charge on any atom is -0.505 e. The zero-order valence-electron chi connectivity index (χ0n) is 25.9. The van der Waals surface area contributed by atoms with Crippen LogP contribution in [0.1, 0.15) is 30.4 Å². The van der Waals surface area contributed by atoms with E-state index in [1.54, 1.807) is 17.9 Å². The number of piperazine rings is 1. The highest BCUT2D eigenvalue weighted by Gasteiger charge is 2.34. The third-order valence-electron chi connectivity index (χ3n) is 8.17. The molecule has 0 unspecified atom stereocenters. The number of ether oxygens (including phenoxy) is 1. The van der Waals surface area contributed by atoms with Gasteiger partial charge in [-0.25, -0.2) is 13.4 Å². The summed E-state index contributed by atoms with van der Waals surface area (Å²) in [5, 5.41) is 16.4. The number of amides is 1. The van der Waals surface area contributed by atoms with Gasteiger partial charge in [0.15, 0.2) is 11.6 Å². The minimum atomic E-state index is -4.62. The molecule has 1 fully saturated rings. The van der Waals surface area contributed by atoms with Crippen LogP contribution in [0.3, 0.4) is 0 Å². The summed E-state index contributed by atoms with van der Waals surface area (Å²) in [6, 6.07) is 5.21. The second-order valence-corrected chi connectivity index (χ2v) is 13.5. The summed E-state index contributed by atoms with van der Waals surface area (Å²) >= 11 is 6.09. The lowest BCUT2D eigenvalue weighted by atomic mass is 10.1. The predicted molar refractivity (Wildman–Crippen MR) is 172 cm³/mol. The molecule has 19 heteroatoms. The first-order valence-corrected chi connectivity index (χ1v) is 17.0.